The van der Waals surface area contributed by atoms with Crippen molar-refractivity contribution in [3.63, 3.8) is 0 Å². The zero-order chi connectivity index (χ0) is 12.3. The van der Waals surface area contributed by atoms with Crippen molar-refractivity contribution in [1.82, 2.24) is 4.90 Å². The van der Waals surface area contributed by atoms with E-state index in [-0.39, 0.29) is 12.4 Å². The number of carboxylic acids is 1. The molecule has 3 nitrogen and oxygen atoms in total. The molecule has 0 amide bonds. The van der Waals surface area contributed by atoms with Gasteiger partial charge in [-0.25, -0.2) is 4.79 Å². The van der Waals surface area contributed by atoms with Crippen LogP contribution in [0.4, 0.5) is 0 Å². The molecule has 0 heterocycles. The quantitative estimate of drug-likeness (QED) is 0.763. The van der Waals surface area contributed by atoms with Gasteiger partial charge in [0.25, 0.3) is 0 Å². The predicted molar refractivity (Wildman–Crippen MR) is 72.4 cm³/mol. The van der Waals surface area contributed by atoms with Crippen molar-refractivity contribution >= 4 is 18.4 Å². The minimum Gasteiger partial charge on any atom is -0.478 e. The van der Waals surface area contributed by atoms with Crippen molar-refractivity contribution in [1.29, 1.82) is 0 Å². The van der Waals surface area contributed by atoms with Gasteiger partial charge in [0.1, 0.15) is 0 Å². The number of carbonyl (C=O) groups is 1. The Hall–Kier alpha value is -0.540. The lowest BCUT2D eigenvalue weighted by molar-refractivity contribution is -0.132. The van der Waals surface area contributed by atoms with Crippen LogP contribution in [0.25, 0.3) is 0 Å². The number of hydrogen-bond acceptors (Lipinski definition) is 2. The number of aliphatic carboxylic acids is 1. The van der Waals surface area contributed by atoms with Crippen LogP contribution in [0.3, 0.4) is 0 Å². The van der Waals surface area contributed by atoms with Gasteiger partial charge in [-0.15, -0.1) is 12.4 Å². The Morgan fingerprint density at radius 2 is 1.50 bits per heavy atom. The molecule has 0 aromatic rings. The molecule has 4 heteroatoms. The molecule has 0 aromatic carbocycles. The zero-order valence-corrected chi connectivity index (χ0v) is 11.9. The van der Waals surface area contributed by atoms with Crippen LogP contribution in [0.1, 0.15) is 41.0 Å². The van der Waals surface area contributed by atoms with E-state index in [9.17, 15) is 4.79 Å². The fraction of sp³-hybridized carbons (Fsp3) is 0.750. The second kappa shape index (κ2) is 14.5. The highest BCUT2D eigenvalue weighted by molar-refractivity contribution is 5.85. The molecule has 0 aliphatic carbocycles. The van der Waals surface area contributed by atoms with Crippen molar-refractivity contribution < 1.29 is 9.90 Å². The fourth-order valence-electron chi connectivity index (χ4n) is 1.06. The summed E-state index contributed by atoms with van der Waals surface area (Å²) >= 11 is 0. The molecule has 0 atom stereocenters. The molecule has 0 aliphatic heterocycles. The molecule has 0 spiro atoms. The summed E-state index contributed by atoms with van der Waals surface area (Å²) in [6.45, 7) is 13.6. The third-order valence-corrected chi connectivity index (χ3v) is 2.19. The average molecular weight is 252 g/mol. The van der Waals surface area contributed by atoms with Gasteiger partial charge in [0.05, 0.1) is 0 Å². The van der Waals surface area contributed by atoms with E-state index in [2.05, 4.69) is 25.7 Å². The molecule has 0 saturated carbocycles. The first-order chi connectivity index (χ1) is 7.03. The van der Waals surface area contributed by atoms with Gasteiger partial charge in [-0.1, -0.05) is 33.8 Å². The first-order valence-corrected chi connectivity index (χ1v) is 5.65. The summed E-state index contributed by atoms with van der Waals surface area (Å²) in [7, 11) is 0. The molecule has 0 aromatic heterocycles. The summed E-state index contributed by atoms with van der Waals surface area (Å²) in [5.41, 5.74) is 0.424. The minimum atomic E-state index is -0.827. The first-order valence-electron chi connectivity index (χ1n) is 5.65. The Labute approximate surface area is 106 Å². The van der Waals surface area contributed by atoms with Crippen LogP contribution in [0.5, 0.6) is 0 Å². The lowest BCUT2D eigenvalue weighted by atomic mass is 10.2. The van der Waals surface area contributed by atoms with Crippen LogP contribution >= 0.6 is 12.4 Å². The van der Waals surface area contributed by atoms with E-state index in [0.29, 0.717) is 5.57 Å². The maximum Gasteiger partial charge on any atom is 0.330 e. The number of halogens is 1. The number of hydrogen-bond donors (Lipinski definition) is 1. The van der Waals surface area contributed by atoms with E-state index in [1.165, 1.54) is 19.6 Å². The molecule has 0 unspecified atom stereocenters. The van der Waals surface area contributed by atoms with E-state index in [1.54, 1.807) is 13.0 Å². The van der Waals surface area contributed by atoms with Gasteiger partial charge >= 0.3 is 5.97 Å². The highest BCUT2D eigenvalue weighted by Crippen LogP contribution is 1.92. The van der Waals surface area contributed by atoms with Crippen LogP contribution in [0.15, 0.2) is 11.6 Å². The number of carboxylic acid groups (broad SMARTS) is 1. The zero-order valence-electron chi connectivity index (χ0n) is 11.1. The summed E-state index contributed by atoms with van der Waals surface area (Å²) in [5.74, 6) is -0.827. The Morgan fingerprint density at radius 3 is 1.56 bits per heavy atom. The summed E-state index contributed by atoms with van der Waals surface area (Å²) in [6.07, 6.45) is 2.47. The maximum atomic E-state index is 10.0. The average Bonchev–Trinajstić information content (AvgIpc) is 2.21. The van der Waals surface area contributed by atoms with E-state index < -0.39 is 5.97 Å². The van der Waals surface area contributed by atoms with E-state index in [1.807, 2.05) is 6.92 Å². The smallest absolute Gasteiger partial charge is 0.330 e. The standard InChI is InChI=1S/C6H15N.C6H10O2.ClH/c1-4-7(5-2)6-3;1-3-4-5(2)6(7)8;/h4-6H2,1-3H3;4H,3H2,1-2H3,(H,7,8);1H. The molecule has 0 radical (unpaired) electrons. The van der Waals surface area contributed by atoms with Gasteiger partial charge in [-0.3, -0.25) is 0 Å². The molecule has 0 aliphatic rings. The first kappa shape index (κ1) is 20.8. The van der Waals surface area contributed by atoms with Crippen LogP contribution in [0, 0.1) is 0 Å². The summed E-state index contributed by atoms with van der Waals surface area (Å²) in [5, 5.41) is 8.24. The predicted octanol–water partition coefficient (Wildman–Crippen LogP) is 3.20. The second-order valence-corrected chi connectivity index (χ2v) is 3.22. The van der Waals surface area contributed by atoms with Gasteiger partial charge in [0.15, 0.2) is 0 Å². The fourth-order valence-corrected chi connectivity index (χ4v) is 1.06. The van der Waals surface area contributed by atoms with Crippen LogP contribution in [-0.4, -0.2) is 35.6 Å². The SMILES string of the molecule is CCC=C(C)C(=O)O.CCN(CC)CC.Cl. The number of allylic oxidation sites excluding steroid dienone is 1. The molecule has 98 valence electrons. The molecule has 1 N–H and O–H groups in total. The molecule has 0 bridgehead atoms. The monoisotopic (exact) mass is 251 g/mol. The molecule has 0 fully saturated rings. The van der Waals surface area contributed by atoms with Gasteiger partial charge in [0, 0.05) is 5.57 Å². The Bertz CT molecular complexity index is 184. The number of nitrogens with zero attached hydrogens (tertiary/aromatic N) is 1. The normalized spacial score (nSPS) is 10.2. The number of rotatable bonds is 5. The molecule has 16 heavy (non-hydrogen) atoms. The minimum absolute atomic E-state index is 0. The highest BCUT2D eigenvalue weighted by Gasteiger charge is 1.95. The van der Waals surface area contributed by atoms with Gasteiger partial charge in [-0.2, -0.15) is 0 Å². The third-order valence-electron chi connectivity index (χ3n) is 2.19. The lowest BCUT2D eigenvalue weighted by Gasteiger charge is -2.13. The Kier molecular flexibility index (Phi) is 18.8. The van der Waals surface area contributed by atoms with E-state index in [4.69, 9.17) is 5.11 Å². The van der Waals surface area contributed by atoms with Gasteiger partial charge in [-0.05, 0) is 33.0 Å². The summed E-state index contributed by atoms with van der Waals surface area (Å²) in [4.78, 5) is 12.4. The largest absolute Gasteiger partial charge is 0.478 e. The third kappa shape index (κ3) is 13.5. The van der Waals surface area contributed by atoms with Crippen molar-refractivity contribution in [2.75, 3.05) is 19.6 Å². The summed E-state index contributed by atoms with van der Waals surface area (Å²) < 4.78 is 0. The van der Waals surface area contributed by atoms with E-state index in [0.717, 1.165) is 6.42 Å². The van der Waals surface area contributed by atoms with E-state index >= 15 is 0 Å². The second-order valence-electron chi connectivity index (χ2n) is 3.22. The Morgan fingerprint density at radius 1 is 1.12 bits per heavy atom. The Balaban J connectivity index is -0.000000200. The van der Waals surface area contributed by atoms with Gasteiger partial charge in [0.2, 0.25) is 0 Å². The van der Waals surface area contributed by atoms with Crippen LogP contribution in [0.2, 0.25) is 0 Å². The van der Waals surface area contributed by atoms with Crippen molar-refractivity contribution in [2.45, 2.75) is 41.0 Å². The van der Waals surface area contributed by atoms with Crippen molar-refractivity contribution in [2.24, 2.45) is 0 Å². The summed E-state index contributed by atoms with van der Waals surface area (Å²) in [6, 6.07) is 0. The van der Waals surface area contributed by atoms with Gasteiger partial charge < -0.3 is 10.0 Å². The van der Waals surface area contributed by atoms with Crippen LogP contribution < -0.4 is 0 Å². The van der Waals surface area contributed by atoms with Crippen molar-refractivity contribution in [3.05, 3.63) is 11.6 Å². The van der Waals surface area contributed by atoms with Crippen LogP contribution in [-0.2, 0) is 4.79 Å². The lowest BCUT2D eigenvalue weighted by Crippen LogP contribution is -2.21. The topological polar surface area (TPSA) is 40.5 Å². The van der Waals surface area contributed by atoms with Crippen molar-refractivity contribution in [3.8, 4) is 0 Å². The molecule has 0 rings (SSSR count). The molecule has 0 saturated heterocycles. The molecular weight excluding hydrogens is 226 g/mol. The maximum absolute atomic E-state index is 10.0. The molecular formula is C12H26ClNO2. The highest BCUT2D eigenvalue weighted by atomic mass is 35.5.